The number of hydrogen-bond donors (Lipinski definition) is 3. The van der Waals surface area contributed by atoms with Crippen molar-refractivity contribution in [2.45, 2.75) is 17.6 Å². The summed E-state index contributed by atoms with van der Waals surface area (Å²) < 4.78 is 27.0. The fourth-order valence-corrected chi connectivity index (χ4v) is 4.09. The molecule has 4 N–H and O–H groups in total. The zero-order valence-corrected chi connectivity index (χ0v) is 12.8. The Hall–Kier alpha value is -2.06. The van der Waals surface area contributed by atoms with Gasteiger partial charge in [0, 0.05) is 10.6 Å². The quantitative estimate of drug-likeness (QED) is 0.731. The number of sulfonamides is 1. The van der Waals surface area contributed by atoms with Gasteiger partial charge in [0.1, 0.15) is 4.21 Å². The maximum atomic E-state index is 12.3. The molecule has 0 spiro atoms. The second-order valence-corrected chi connectivity index (χ2v) is 7.37. The fraction of sp³-hybridized carbons (Fsp3) is 0.154. The van der Waals surface area contributed by atoms with Gasteiger partial charge in [-0.3, -0.25) is 4.72 Å². The first-order chi connectivity index (χ1) is 9.83. The normalized spacial score (nSPS) is 11.3. The Bertz CT molecular complexity index is 781. The third-order valence-electron chi connectivity index (χ3n) is 2.77. The van der Waals surface area contributed by atoms with Gasteiger partial charge in [-0.05, 0) is 36.8 Å². The second-order valence-electron chi connectivity index (χ2n) is 4.29. The van der Waals surface area contributed by atoms with Crippen LogP contribution in [0, 0.1) is 0 Å². The van der Waals surface area contributed by atoms with Gasteiger partial charge in [0.2, 0.25) is 0 Å². The van der Waals surface area contributed by atoms with E-state index in [9.17, 15) is 13.2 Å². The molecule has 8 heteroatoms. The molecule has 6 nitrogen and oxygen atoms in total. The van der Waals surface area contributed by atoms with Crippen LogP contribution in [0.2, 0.25) is 0 Å². The molecule has 0 saturated heterocycles. The average molecular weight is 326 g/mol. The first kappa shape index (κ1) is 15.3. The molecule has 0 saturated carbocycles. The lowest BCUT2D eigenvalue weighted by atomic mass is 10.1. The minimum absolute atomic E-state index is 0.0110. The number of carbonyl (C=O) groups is 1. The van der Waals surface area contributed by atoms with Crippen LogP contribution in [0.5, 0.6) is 0 Å². The molecule has 1 aromatic heterocycles. The van der Waals surface area contributed by atoms with Crippen LogP contribution in [0.15, 0.2) is 34.5 Å². The molecular formula is C13H14N2O4S2. The van der Waals surface area contributed by atoms with E-state index in [1.807, 2.05) is 6.92 Å². The zero-order chi connectivity index (χ0) is 15.6. The molecule has 0 aliphatic rings. The van der Waals surface area contributed by atoms with Crippen LogP contribution >= 0.6 is 11.3 Å². The number of hydrogen-bond acceptors (Lipinski definition) is 5. The first-order valence-corrected chi connectivity index (χ1v) is 8.38. The number of aryl methyl sites for hydroxylation is 1. The van der Waals surface area contributed by atoms with Crippen molar-refractivity contribution in [3.8, 4) is 0 Å². The van der Waals surface area contributed by atoms with Gasteiger partial charge in [-0.25, -0.2) is 13.2 Å². The summed E-state index contributed by atoms with van der Waals surface area (Å²) in [6.45, 7) is 1.93. The Labute approximate surface area is 126 Å². The Morgan fingerprint density at radius 1 is 1.33 bits per heavy atom. The van der Waals surface area contributed by atoms with Gasteiger partial charge in [0.15, 0.2) is 0 Å². The smallest absolute Gasteiger partial charge is 0.337 e. The molecule has 1 heterocycles. The second kappa shape index (κ2) is 5.74. The monoisotopic (exact) mass is 326 g/mol. The highest BCUT2D eigenvalue weighted by Gasteiger charge is 2.20. The predicted molar refractivity (Wildman–Crippen MR) is 82.3 cm³/mol. The van der Waals surface area contributed by atoms with Crippen molar-refractivity contribution < 1.29 is 18.3 Å². The van der Waals surface area contributed by atoms with Gasteiger partial charge in [-0.15, -0.1) is 11.3 Å². The number of anilines is 2. The Morgan fingerprint density at radius 3 is 2.62 bits per heavy atom. The molecule has 0 atom stereocenters. The van der Waals surface area contributed by atoms with E-state index < -0.39 is 16.0 Å². The highest BCUT2D eigenvalue weighted by Crippen LogP contribution is 2.26. The third kappa shape index (κ3) is 3.34. The van der Waals surface area contributed by atoms with Crippen LogP contribution in [-0.2, 0) is 16.4 Å². The Morgan fingerprint density at radius 2 is 2.05 bits per heavy atom. The van der Waals surface area contributed by atoms with Gasteiger partial charge < -0.3 is 10.8 Å². The van der Waals surface area contributed by atoms with Gasteiger partial charge in [0.05, 0.1) is 11.3 Å². The number of carboxylic acids is 1. The lowest BCUT2D eigenvalue weighted by Gasteiger charge is -2.10. The van der Waals surface area contributed by atoms with Crippen molar-refractivity contribution >= 4 is 38.7 Å². The van der Waals surface area contributed by atoms with E-state index in [4.69, 9.17) is 10.8 Å². The van der Waals surface area contributed by atoms with Crippen LogP contribution in [0.25, 0.3) is 0 Å². The average Bonchev–Trinajstić information content (AvgIpc) is 2.90. The van der Waals surface area contributed by atoms with Crippen molar-refractivity contribution in [2.24, 2.45) is 0 Å². The summed E-state index contributed by atoms with van der Waals surface area (Å²) in [5, 5.41) is 9.11. The van der Waals surface area contributed by atoms with Crippen molar-refractivity contribution in [1.82, 2.24) is 0 Å². The van der Waals surface area contributed by atoms with E-state index in [0.717, 1.165) is 22.6 Å². The number of nitrogens with one attached hydrogen (secondary N) is 1. The van der Waals surface area contributed by atoms with E-state index in [-0.39, 0.29) is 21.1 Å². The number of thiophene rings is 1. The largest absolute Gasteiger partial charge is 0.478 e. The van der Waals surface area contributed by atoms with E-state index >= 15 is 0 Å². The van der Waals surface area contributed by atoms with Crippen molar-refractivity contribution in [3.63, 3.8) is 0 Å². The summed E-state index contributed by atoms with van der Waals surface area (Å²) in [6, 6.07) is 7.23. The van der Waals surface area contributed by atoms with Crippen LogP contribution in [0.1, 0.15) is 22.2 Å². The summed E-state index contributed by atoms with van der Waals surface area (Å²) in [4.78, 5) is 12.1. The third-order valence-corrected chi connectivity index (χ3v) is 5.86. The van der Waals surface area contributed by atoms with Crippen molar-refractivity contribution in [2.75, 3.05) is 10.5 Å². The molecule has 0 amide bonds. The summed E-state index contributed by atoms with van der Waals surface area (Å²) >= 11 is 1.15. The highest BCUT2D eigenvalue weighted by molar-refractivity contribution is 7.94. The standard InChI is InChI=1S/C13H14N2O4S2/c1-2-9-4-6-12(20-9)21(18,19)15-11-5-3-8(14)7-10(11)13(16)17/h3-7,15H,2,14H2,1H3,(H,16,17). The van der Waals surface area contributed by atoms with E-state index in [1.54, 1.807) is 6.07 Å². The van der Waals surface area contributed by atoms with Crippen LogP contribution in [-0.4, -0.2) is 19.5 Å². The molecule has 112 valence electrons. The maximum absolute atomic E-state index is 12.3. The lowest BCUT2D eigenvalue weighted by Crippen LogP contribution is -2.14. The molecule has 0 aliphatic carbocycles. The molecule has 2 aromatic rings. The van der Waals surface area contributed by atoms with E-state index in [0.29, 0.717) is 0 Å². The van der Waals surface area contributed by atoms with Crippen molar-refractivity contribution in [3.05, 3.63) is 40.8 Å². The minimum atomic E-state index is -3.81. The lowest BCUT2D eigenvalue weighted by molar-refractivity contribution is 0.0698. The highest BCUT2D eigenvalue weighted by atomic mass is 32.2. The molecule has 0 unspecified atom stereocenters. The number of carboxylic acid groups (broad SMARTS) is 1. The van der Waals surface area contributed by atoms with Gasteiger partial charge >= 0.3 is 5.97 Å². The van der Waals surface area contributed by atoms with E-state index in [2.05, 4.69) is 4.72 Å². The number of rotatable bonds is 5. The van der Waals surface area contributed by atoms with Crippen LogP contribution in [0.4, 0.5) is 11.4 Å². The summed E-state index contributed by atoms with van der Waals surface area (Å²) in [6.07, 6.45) is 0.739. The number of nitrogens with two attached hydrogens (primary N) is 1. The Kier molecular flexibility index (Phi) is 4.19. The maximum Gasteiger partial charge on any atom is 0.337 e. The number of nitrogen functional groups attached to an aromatic ring is 1. The zero-order valence-electron chi connectivity index (χ0n) is 11.2. The Balaban J connectivity index is 2.39. The van der Waals surface area contributed by atoms with Gasteiger partial charge in [-0.1, -0.05) is 6.92 Å². The minimum Gasteiger partial charge on any atom is -0.478 e. The summed E-state index contributed by atoms with van der Waals surface area (Å²) in [7, 11) is -3.81. The molecule has 0 bridgehead atoms. The molecule has 0 radical (unpaired) electrons. The molecule has 0 aliphatic heterocycles. The topological polar surface area (TPSA) is 109 Å². The number of aromatic carboxylic acids is 1. The molecular weight excluding hydrogens is 312 g/mol. The SMILES string of the molecule is CCc1ccc(S(=O)(=O)Nc2ccc(N)cc2C(=O)O)s1. The molecule has 2 rings (SSSR count). The molecule has 21 heavy (non-hydrogen) atoms. The fourth-order valence-electron chi connectivity index (χ4n) is 1.72. The van der Waals surface area contributed by atoms with Crippen LogP contribution in [0.3, 0.4) is 0 Å². The summed E-state index contributed by atoms with van der Waals surface area (Å²) in [5.41, 5.74) is 5.57. The first-order valence-electron chi connectivity index (χ1n) is 6.08. The molecule has 0 fully saturated rings. The van der Waals surface area contributed by atoms with Crippen LogP contribution < -0.4 is 10.5 Å². The van der Waals surface area contributed by atoms with Gasteiger partial charge in [-0.2, -0.15) is 0 Å². The van der Waals surface area contributed by atoms with Gasteiger partial charge in [0.25, 0.3) is 10.0 Å². The summed E-state index contributed by atoms with van der Waals surface area (Å²) in [5.74, 6) is -1.25. The predicted octanol–water partition coefficient (Wildman–Crippen LogP) is 2.39. The number of benzene rings is 1. The van der Waals surface area contributed by atoms with E-state index in [1.165, 1.54) is 24.3 Å². The molecule has 1 aromatic carbocycles. The van der Waals surface area contributed by atoms with Crippen molar-refractivity contribution in [1.29, 1.82) is 0 Å².